The molecule has 0 atom stereocenters. The lowest BCUT2D eigenvalue weighted by molar-refractivity contribution is 0.415. The molecular formula is C15H12BrN3O. The molecule has 0 aliphatic carbocycles. The second-order valence-corrected chi connectivity index (χ2v) is 4.86. The molecule has 0 unspecified atom stereocenters. The summed E-state index contributed by atoms with van der Waals surface area (Å²) in [5, 5.41) is 3.58. The van der Waals surface area contributed by atoms with Crippen LogP contribution in [0.3, 0.4) is 0 Å². The van der Waals surface area contributed by atoms with Crippen molar-refractivity contribution in [2.45, 2.75) is 0 Å². The largest absolute Gasteiger partial charge is 0.497 e. The summed E-state index contributed by atoms with van der Waals surface area (Å²) < 4.78 is 5.88. The molecule has 0 bridgehead atoms. The zero-order valence-corrected chi connectivity index (χ0v) is 12.4. The Balaban J connectivity index is 2.18. The topological polar surface area (TPSA) is 58.0 Å². The van der Waals surface area contributed by atoms with Crippen LogP contribution in [-0.2, 0) is 0 Å². The lowest BCUT2D eigenvalue weighted by atomic mass is 10.1. The molecular weight excluding hydrogens is 318 g/mol. The Kier molecular flexibility index (Phi) is 4.82. The first-order chi connectivity index (χ1) is 9.72. The van der Waals surface area contributed by atoms with Crippen molar-refractivity contribution in [3.8, 4) is 5.75 Å². The van der Waals surface area contributed by atoms with Crippen LogP contribution in [-0.4, -0.2) is 7.11 Å². The quantitative estimate of drug-likeness (QED) is 0.313. The molecule has 0 saturated heterocycles. The summed E-state index contributed by atoms with van der Waals surface area (Å²) in [7, 11) is 1.65. The lowest BCUT2D eigenvalue weighted by Gasteiger charge is -2.00. The Morgan fingerprint density at radius 3 is 2.35 bits per heavy atom. The fourth-order valence-electron chi connectivity index (χ4n) is 1.66. The summed E-state index contributed by atoms with van der Waals surface area (Å²) in [5.41, 5.74) is 11.1. The van der Waals surface area contributed by atoms with E-state index in [0.717, 1.165) is 21.3 Å². The molecule has 0 aliphatic rings. The van der Waals surface area contributed by atoms with E-state index in [1.54, 1.807) is 13.2 Å². The van der Waals surface area contributed by atoms with Gasteiger partial charge in [-0.3, -0.25) is 0 Å². The van der Waals surface area contributed by atoms with E-state index in [2.05, 4.69) is 26.0 Å². The highest BCUT2D eigenvalue weighted by Crippen LogP contribution is 2.27. The molecule has 0 radical (unpaired) electrons. The highest BCUT2D eigenvalue weighted by Gasteiger charge is 1.97. The van der Waals surface area contributed by atoms with Gasteiger partial charge in [0, 0.05) is 9.38 Å². The van der Waals surface area contributed by atoms with Crippen molar-refractivity contribution >= 4 is 33.8 Å². The first-order valence-corrected chi connectivity index (χ1v) is 6.69. The van der Waals surface area contributed by atoms with Gasteiger partial charge in [0.25, 0.3) is 0 Å². The van der Waals surface area contributed by atoms with Gasteiger partial charge in [-0.1, -0.05) is 57.5 Å². The van der Waals surface area contributed by atoms with Crippen molar-refractivity contribution in [1.29, 1.82) is 0 Å². The Hall–Kier alpha value is -2.23. The molecule has 2 rings (SSSR count). The van der Waals surface area contributed by atoms with Crippen molar-refractivity contribution in [2.24, 2.45) is 5.11 Å². The summed E-state index contributed by atoms with van der Waals surface area (Å²) in [6.45, 7) is 0. The van der Waals surface area contributed by atoms with Crippen molar-refractivity contribution in [1.82, 2.24) is 0 Å². The van der Waals surface area contributed by atoms with Gasteiger partial charge in [0.1, 0.15) is 5.75 Å². The molecule has 100 valence electrons. The maximum atomic E-state index is 8.42. The number of methoxy groups -OCH3 is 1. The van der Waals surface area contributed by atoms with E-state index in [1.807, 2.05) is 48.6 Å². The van der Waals surface area contributed by atoms with Gasteiger partial charge in [0.15, 0.2) is 0 Å². The first kappa shape index (κ1) is 14.2. The Labute approximate surface area is 125 Å². The molecule has 2 aromatic rings. The second-order valence-electron chi connectivity index (χ2n) is 4.01. The smallest absolute Gasteiger partial charge is 0.118 e. The van der Waals surface area contributed by atoms with E-state index in [4.69, 9.17) is 10.3 Å². The maximum Gasteiger partial charge on any atom is 0.118 e. The standard InChI is InChI=1S/C15H12BrN3O/c1-20-13-7-4-11(5-8-13)2-3-12-6-9-15(18-19-17)14(16)10-12/h2-10H,1H3/b3-2+. The summed E-state index contributed by atoms with van der Waals surface area (Å²) in [6.07, 6.45) is 4.00. The molecule has 2 aromatic carbocycles. The van der Waals surface area contributed by atoms with Gasteiger partial charge in [-0.15, -0.1) is 0 Å². The van der Waals surface area contributed by atoms with Crippen LogP contribution in [0.4, 0.5) is 5.69 Å². The SMILES string of the molecule is COc1ccc(/C=C/c2ccc(N=[N+]=[N-])c(Br)c2)cc1. The number of halogens is 1. The Morgan fingerprint density at radius 1 is 1.10 bits per heavy atom. The molecule has 4 nitrogen and oxygen atoms in total. The lowest BCUT2D eigenvalue weighted by Crippen LogP contribution is -1.81. The second kappa shape index (κ2) is 6.80. The minimum atomic E-state index is 0.578. The maximum absolute atomic E-state index is 8.42. The number of benzene rings is 2. The van der Waals surface area contributed by atoms with Gasteiger partial charge in [-0.2, -0.15) is 0 Å². The average Bonchev–Trinajstić information content (AvgIpc) is 2.48. The minimum absolute atomic E-state index is 0.578. The van der Waals surface area contributed by atoms with Crippen molar-refractivity contribution in [3.05, 3.63) is 68.5 Å². The van der Waals surface area contributed by atoms with Gasteiger partial charge >= 0.3 is 0 Å². The molecule has 0 saturated carbocycles. The van der Waals surface area contributed by atoms with E-state index in [1.165, 1.54) is 0 Å². The predicted octanol–water partition coefficient (Wildman–Crippen LogP) is 5.57. The molecule has 0 heterocycles. The van der Waals surface area contributed by atoms with Gasteiger partial charge in [-0.05, 0) is 34.9 Å². The van der Waals surface area contributed by atoms with Crippen LogP contribution < -0.4 is 4.74 Å². The zero-order valence-electron chi connectivity index (χ0n) is 10.8. The van der Waals surface area contributed by atoms with E-state index in [0.29, 0.717) is 5.69 Å². The molecule has 0 spiro atoms. The van der Waals surface area contributed by atoms with Crippen LogP contribution in [0.15, 0.2) is 52.1 Å². The monoisotopic (exact) mass is 329 g/mol. The van der Waals surface area contributed by atoms with Crippen molar-refractivity contribution < 1.29 is 4.74 Å². The third-order valence-electron chi connectivity index (χ3n) is 2.71. The van der Waals surface area contributed by atoms with Crippen LogP contribution in [0.1, 0.15) is 11.1 Å². The van der Waals surface area contributed by atoms with Gasteiger partial charge in [0.2, 0.25) is 0 Å². The van der Waals surface area contributed by atoms with E-state index in [-0.39, 0.29) is 0 Å². The van der Waals surface area contributed by atoms with E-state index in [9.17, 15) is 0 Å². The Morgan fingerprint density at radius 2 is 1.75 bits per heavy atom. The summed E-state index contributed by atoms with van der Waals surface area (Å²) in [6, 6.07) is 13.4. The summed E-state index contributed by atoms with van der Waals surface area (Å²) >= 11 is 3.38. The molecule has 0 amide bonds. The Bertz CT molecular complexity index is 674. The molecule has 0 aromatic heterocycles. The molecule has 0 fully saturated rings. The van der Waals surface area contributed by atoms with E-state index < -0.39 is 0 Å². The fraction of sp³-hybridized carbons (Fsp3) is 0.0667. The fourth-order valence-corrected chi connectivity index (χ4v) is 2.14. The molecule has 20 heavy (non-hydrogen) atoms. The predicted molar refractivity (Wildman–Crippen MR) is 84.9 cm³/mol. The number of hydrogen-bond acceptors (Lipinski definition) is 2. The average molecular weight is 330 g/mol. The molecule has 0 aliphatic heterocycles. The first-order valence-electron chi connectivity index (χ1n) is 5.90. The molecule has 0 N–H and O–H groups in total. The summed E-state index contributed by atoms with van der Waals surface area (Å²) in [4.78, 5) is 2.77. The van der Waals surface area contributed by atoms with Gasteiger partial charge < -0.3 is 4.74 Å². The number of nitrogens with zero attached hydrogens (tertiary/aromatic N) is 3. The third-order valence-corrected chi connectivity index (χ3v) is 3.34. The van der Waals surface area contributed by atoms with Gasteiger partial charge in [-0.25, -0.2) is 0 Å². The van der Waals surface area contributed by atoms with Crippen LogP contribution in [0.5, 0.6) is 5.75 Å². The van der Waals surface area contributed by atoms with Crippen LogP contribution in [0.25, 0.3) is 22.6 Å². The van der Waals surface area contributed by atoms with E-state index >= 15 is 0 Å². The number of ether oxygens (including phenoxy) is 1. The third kappa shape index (κ3) is 3.63. The van der Waals surface area contributed by atoms with Crippen LogP contribution >= 0.6 is 15.9 Å². The highest BCUT2D eigenvalue weighted by atomic mass is 79.9. The van der Waals surface area contributed by atoms with Crippen LogP contribution in [0, 0.1) is 0 Å². The van der Waals surface area contributed by atoms with Crippen molar-refractivity contribution in [3.63, 3.8) is 0 Å². The van der Waals surface area contributed by atoms with Gasteiger partial charge in [0.05, 0.1) is 12.8 Å². The van der Waals surface area contributed by atoms with Crippen LogP contribution in [0.2, 0.25) is 0 Å². The number of azide groups is 1. The summed E-state index contributed by atoms with van der Waals surface area (Å²) in [5.74, 6) is 0.837. The normalized spacial score (nSPS) is 10.3. The number of rotatable bonds is 4. The zero-order chi connectivity index (χ0) is 14.4. The van der Waals surface area contributed by atoms with Crippen molar-refractivity contribution in [2.75, 3.05) is 7.11 Å². The molecule has 5 heteroatoms. The number of hydrogen-bond donors (Lipinski definition) is 0. The minimum Gasteiger partial charge on any atom is -0.497 e. The highest BCUT2D eigenvalue weighted by molar-refractivity contribution is 9.10.